The summed E-state index contributed by atoms with van der Waals surface area (Å²) in [4.78, 5) is 16.3. The number of nitrogens with zero attached hydrogens (tertiary/aromatic N) is 2. The number of piperazine rings is 1. The molecule has 0 radical (unpaired) electrons. The Kier molecular flexibility index (Phi) is 5.94. The van der Waals surface area contributed by atoms with Gasteiger partial charge >= 0.3 is 6.09 Å². The standard InChI is InChI=1S/C18H29N3O3/c1-14-13-21(17(22)24-18(2,3)4)10-9-20(14)11-12-23-16-7-5-15(19)6-8-16/h5-8,14H,9-13,19H2,1-4H3. The molecular formula is C18H29N3O3. The molecule has 1 atom stereocenters. The van der Waals surface area contributed by atoms with Crippen LogP contribution in [0.2, 0.25) is 0 Å². The van der Waals surface area contributed by atoms with Crippen molar-refractivity contribution >= 4 is 11.8 Å². The molecule has 0 aliphatic carbocycles. The van der Waals surface area contributed by atoms with E-state index >= 15 is 0 Å². The minimum absolute atomic E-state index is 0.230. The lowest BCUT2D eigenvalue weighted by Gasteiger charge is -2.40. The summed E-state index contributed by atoms with van der Waals surface area (Å²) < 4.78 is 11.2. The van der Waals surface area contributed by atoms with Crippen LogP contribution in [0, 0.1) is 0 Å². The van der Waals surface area contributed by atoms with Gasteiger partial charge in [-0.15, -0.1) is 0 Å². The summed E-state index contributed by atoms with van der Waals surface area (Å²) in [5.41, 5.74) is 5.94. The third-order valence-corrected chi connectivity index (χ3v) is 3.94. The second kappa shape index (κ2) is 7.75. The van der Waals surface area contributed by atoms with E-state index in [1.807, 2.05) is 45.0 Å². The van der Waals surface area contributed by atoms with Gasteiger partial charge in [0.2, 0.25) is 0 Å². The monoisotopic (exact) mass is 335 g/mol. The fraction of sp³-hybridized carbons (Fsp3) is 0.611. The number of nitrogen functional groups attached to an aromatic ring is 1. The van der Waals surface area contributed by atoms with Crippen LogP contribution in [0.1, 0.15) is 27.7 Å². The van der Waals surface area contributed by atoms with Crippen LogP contribution < -0.4 is 10.5 Å². The van der Waals surface area contributed by atoms with Crippen LogP contribution in [-0.4, -0.2) is 60.3 Å². The molecule has 0 spiro atoms. The lowest BCUT2D eigenvalue weighted by Crippen LogP contribution is -2.55. The third kappa shape index (κ3) is 5.60. The summed E-state index contributed by atoms with van der Waals surface area (Å²) in [5.74, 6) is 0.823. The maximum absolute atomic E-state index is 12.1. The summed E-state index contributed by atoms with van der Waals surface area (Å²) in [6, 6.07) is 7.69. The topological polar surface area (TPSA) is 68.0 Å². The third-order valence-electron chi connectivity index (χ3n) is 3.94. The smallest absolute Gasteiger partial charge is 0.410 e. The Bertz CT molecular complexity index is 539. The molecule has 2 N–H and O–H groups in total. The van der Waals surface area contributed by atoms with E-state index in [9.17, 15) is 4.79 Å². The number of anilines is 1. The Labute approximate surface area is 144 Å². The highest BCUT2D eigenvalue weighted by Crippen LogP contribution is 2.16. The normalized spacial score (nSPS) is 19.2. The van der Waals surface area contributed by atoms with Gasteiger partial charge in [-0.25, -0.2) is 4.79 Å². The quantitative estimate of drug-likeness (QED) is 0.857. The van der Waals surface area contributed by atoms with Crippen molar-refractivity contribution < 1.29 is 14.3 Å². The molecule has 24 heavy (non-hydrogen) atoms. The number of benzene rings is 1. The number of carbonyl (C=O) groups is 1. The summed E-state index contributed by atoms with van der Waals surface area (Å²) in [6.45, 7) is 11.4. The largest absolute Gasteiger partial charge is 0.492 e. The van der Waals surface area contributed by atoms with Crippen LogP contribution in [0.15, 0.2) is 24.3 Å². The summed E-state index contributed by atoms with van der Waals surface area (Å²) in [5, 5.41) is 0. The van der Waals surface area contributed by atoms with Crippen molar-refractivity contribution in [2.45, 2.75) is 39.3 Å². The summed E-state index contributed by atoms with van der Waals surface area (Å²) >= 11 is 0. The second-order valence-corrected chi connectivity index (χ2v) is 7.23. The first-order valence-corrected chi connectivity index (χ1v) is 8.45. The summed E-state index contributed by atoms with van der Waals surface area (Å²) in [6.07, 6.45) is -0.230. The van der Waals surface area contributed by atoms with E-state index in [4.69, 9.17) is 15.2 Å². The van der Waals surface area contributed by atoms with Crippen LogP contribution in [0.4, 0.5) is 10.5 Å². The van der Waals surface area contributed by atoms with E-state index < -0.39 is 5.60 Å². The van der Waals surface area contributed by atoms with Crippen LogP contribution in [-0.2, 0) is 4.74 Å². The first kappa shape index (κ1) is 18.4. The zero-order valence-corrected chi connectivity index (χ0v) is 15.1. The molecule has 1 unspecified atom stereocenters. The van der Waals surface area contributed by atoms with Gasteiger partial charge in [0.05, 0.1) is 0 Å². The second-order valence-electron chi connectivity index (χ2n) is 7.23. The van der Waals surface area contributed by atoms with Crippen LogP contribution in [0.3, 0.4) is 0 Å². The molecule has 0 bridgehead atoms. The highest BCUT2D eigenvalue weighted by Gasteiger charge is 2.29. The van der Waals surface area contributed by atoms with Crippen molar-refractivity contribution in [3.63, 3.8) is 0 Å². The highest BCUT2D eigenvalue weighted by atomic mass is 16.6. The number of hydrogen-bond donors (Lipinski definition) is 1. The summed E-state index contributed by atoms with van der Waals surface area (Å²) in [7, 11) is 0. The molecule has 1 aliphatic heterocycles. The van der Waals surface area contributed by atoms with E-state index in [1.165, 1.54) is 0 Å². The van der Waals surface area contributed by atoms with Gasteiger partial charge in [-0.1, -0.05) is 0 Å². The first-order chi connectivity index (χ1) is 11.2. The van der Waals surface area contributed by atoms with Gasteiger partial charge < -0.3 is 20.1 Å². The van der Waals surface area contributed by atoms with Gasteiger partial charge in [-0.3, -0.25) is 4.90 Å². The van der Waals surface area contributed by atoms with E-state index in [0.29, 0.717) is 19.7 Å². The van der Waals surface area contributed by atoms with E-state index in [-0.39, 0.29) is 12.1 Å². The Morgan fingerprint density at radius 1 is 1.25 bits per heavy atom. The molecule has 1 aromatic carbocycles. The molecule has 1 amide bonds. The van der Waals surface area contributed by atoms with E-state index in [0.717, 1.165) is 24.5 Å². The predicted octanol–water partition coefficient (Wildman–Crippen LogP) is 2.59. The van der Waals surface area contributed by atoms with Crippen molar-refractivity contribution in [2.75, 3.05) is 38.5 Å². The highest BCUT2D eigenvalue weighted by molar-refractivity contribution is 5.68. The fourth-order valence-corrected chi connectivity index (χ4v) is 2.66. The molecule has 0 aromatic heterocycles. The maximum Gasteiger partial charge on any atom is 0.410 e. The minimum atomic E-state index is -0.454. The van der Waals surface area contributed by atoms with Crippen molar-refractivity contribution in [2.24, 2.45) is 0 Å². The molecule has 6 nitrogen and oxygen atoms in total. The van der Waals surface area contributed by atoms with E-state index in [2.05, 4.69) is 11.8 Å². The number of carbonyl (C=O) groups excluding carboxylic acids is 1. The molecular weight excluding hydrogens is 306 g/mol. The molecule has 6 heteroatoms. The predicted molar refractivity (Wildman–Crippen MR) is 95.2 cm³/mol. The molecule has 1 aromatic rings. The Morgan fingerprint density at radius 2 is 1.92 bits per heavy atom. The van der Waals surface area contributed by atoms with Crippen molar-refractivity contribution in [1.29, 1.82) is 0 Å². The Hall–Kier alpha value is -1.95. The van der Waals surface area contributed by atoms with Gasteiger partial charge in [0.1, 0.15) is 18.0 Å². The number of amides is 1. The SMILES string of the molecule is CC1CN(C(=O)OC(C)(C)C)CCN1CCOc1ccc(N)cc1. The maximum atomic E-state index is 12.1. The van der Waals surface area contributed by atoms with Crippen molar-refractivity contribution in [3.05, 3.63) is 24.3 Å². The van der Waals surface area contributed by atoms with Crippen LogP contribution in [0.5, 0.6) is 5.75 Å². The van der Waals surface area contributed by atoms with Gasteiger partial charge in [-0.2, -0.15) is 0 Å². The number of ether oxygens (including phenoxy) is 2. The molecule has 2 rings (SSSR count). The zero-order valence-electron chi connectivity index (χ0n) is 15.1. The van der Waals surface area contributed by atoms with Crippen molar-refractivity contribution in [1.82, 2.24) is 9.80 Å². The van der Waals surface area contributed by atoms with Crippen LogP contribution >= 0.6 is 0 Å². The van der Waals surface area contributed by atoms with Gasteiger partial charge in [0, 0.05) is 37.9 Å². The van der Waals surface area contributed by atoms with Gasteiger partial charge in [-0.05, 0) is 52.0 Å². The first-order valence-electron chi connectivity index (χ1n) is 8.45. The van der Waals surface area contributed by atoms with Gasteiger partial charge in [0.15, 0.2) is 0 Å². The average molecular weight is 335 g/mol. The molecule has 1 heterocycles. The molecule has 1 fully saturated rings. The minimum Gasteiger partial charge on any atom is -0.492 e. The zero-order chi connectivity index (χ0) is 17.7. The number of rotatable bonds is 4. The molecule has 1 aliphatic rings. The molecule has 134 valence electrons. The average Bonchev–Trinajstić information content (AvgIpc) is 2.49. The number of hydrogen-bond acceptors (Lipinski definition) is 5. The Morgan fingerprint density at radius 3 is 2.50 bits per heavy atom. The molecule has 0 saturated carbocycles. The van der Waals surface area contributed by atoms with Crippen molar-refractivity contribution in [3.8, 4) is 5.75 Å². The van der Waals surface area contributed by atoms with Gasteiger partial charge in [0.25, 0.3) is 0 Å². The fourth-order valence-electron chi connectivity index (χ4n) is 2.66. The Balaban J connectivity index is 1.75. The number of nitrogens with two attached hydrogens (primary N) is 1. The molecule has 1 saturated heterocycles. The lowest BCUT2D eigenvalue weighted by molar-refractivity contribution is 0.00430. The van der Waals surface area contributed by atoms with Crippen LogP contribution in [0.25, 0.3) is 0 Å². The lowest BCUT2D eigenvalue weighted by atomic mass is 10.2. The van der Waals surface area contributed by atoms with E-state index in [1.54, 1.807) is 4.90 Å².